The number of carbonyl (C=O) groups is 1. The van der Waals surface area contributed by atoms with E-state index >= 15 is 0 Å². The molecule has 0 saturated heterocycles. The molecule has 4 rings (SSSR count). The van der Waals surface area contributed by atoms with Crippen molar-refractivity contribution in [3.05, 3.63) is 78.3 Å². The molecule has 4 heterocycles. The molecule has 2 unspecified atom stereocenters. The molecule has 0 spiro atoms. The Morgan fingerprint density at radius 1 is 0.865 bits per heavy atom. The lowest BCUT2D eigenvalue weighted by molar-refractivity contribution is -0.507. The smallest absolute Gasteiger partial charge is 0.326 e. The van der Waals surface area contributed by atoms with Crippen LogP contribution < -0.4 is 0 Å². The average Bonchev–Trinajstić information content (AvgIpc) is 3.50. The molecule has 37 heavy (non-hydrogen) atoms. The Balaban J connectivity index is 1.50. The molecule has 0 radical (unpaired) electrons. The van der Waals surface area contributed by atoms with Crippen LogP contribution in [0.4, 0.5) is 0 Å². The number of nitrogens with zero attached hydrogens (tertiary/aromatic N) is 8. The fourth-order valence-corrected chi connectivity index (χ4v) is 4.48. The highest BCUT2D eigenvalue weighted by atomic mass is 35.5. The summed E-state index contributed by atoms with van der Waals surface area (Å²) >= 11 is 11.6. The summed E-state index contributed by atoms with van der Waals surface area (Å²) < 4.78 is 0. The Morgan fingerprint density at radius 2 is 1.38 bits per heavy atom. The van der Waals surface area contributed by atoms with Crippen LogP contribution in [0.15, 0.2) is 46.6 Å². The van der Waals surface area contributed by atoms with Gasteiger partial charge in [-0.25, -0.2) is 9.97 Å². The number of Topliss-reactive ketones (excluding diaryl/α,β-unsaturated/α-hetero) is 1. The van der Waals surface area contributed by atoms with Crippen molar-refractivity contribution in [1.29, 1.82) is 0 Å². The number of aromatic nitrogens is 2. The molecule has 13 nitrogen and oxygen atoms in total. The molecule has 2 aromatic rings. The first-order chi connectivity index (χ1) is 17.7. The van der Waals surface area contributed by atoms with E-state index in [1.165, 1.54) is 6.20 Å². The first kappa shape index (κ1) is 26.4. The zero-order valence-corrected chi connectivity index (χ0v) is 21.0. The van der Waals surface area contributed by atoms with E-state index in [1.54, 1.807) is 40.3 Å². The van der Waals surface area contributed by atoms with Crippen molar-refractivity contribution in [2.24, 2.45) is 9.98 Å². The van der Waals surface area contributed by atoms with E-state index in [4.69, 9.17) is 23.2 Å². The predicted octanol–water partition coefficient (Wildman–Crippen LogP) is 2.16. The molecule has 0 N–H and O–H groups in total. The van der Waals surface area contributed by atoms with Crippen LogP contribution in [0.5, 0.6) is 0 Å². The highest BCUT2D eigenvalue weighted by Crippen LogP contribution is 2.20. The van der Waals surface area contributed by atoms with Gasteiger partial charge in [0.25, 0.3) is 6.04 Å². The maximum Gasteiger partial charge on any atom is 0.326 e. The van der Waals surface area contributed by atoms with Gasteiger partial charge >= 0.3 is 6.04 Å². The molecule has 0 aliphatic carbocycles. The van der Waals surface area contributed by atoms with Gasteiger partial charge in [-0.2, -0.15) is 0 Å². The molecule has 0 fully saturated rings. The molecule has 2 aliphatic heterocycles. The molecule has 0 aromatic carbocycles. The van der Waals surface area contributed by atoms with Gasteiger partial charge in [0.2, 0.25) is 5.78 Å². The van der Waals surface area contributed by atoms with Gasteiger partial charge in [-0.15, -0.1) is 0 Å². The van der Waals surface area contributed by atoms with Crippen LogP contribution in [0.3, 0.4) is 0 Å². The van der Waals surface area contributed by atoms with Gasteiger partial charge in [0.1, 0.15) is 10.3 Å². The molecule has 2 aromatic heterocycles. The molecular formula is C22H22Cl2N8O5. The number of carbonyl (C=O) groups excluding carboxylic acids is 1. The SMILES string of the molecule is O=C(CC(C1=NCCN1Cc1ccc(Cl)nc1)[N+](=O)[O-])C(C1=NCCN1Cc1ccc(Cl)nc1)[N+](=O)[O-]. The summed E-state index contributed by atoms with van der Waals surface area (Å²) in [4.78, 5) is 55.6. The van der Waals surface area contributed by atoms with Crippen LogP contribution in [0.2, 0.25) is 10.3 Å². The maximum atomic E-state index is 13.2. The van der Waals surface area contributed by atoms with Crippen LogP contribution in [-0.2, 0) is 17.9 Å². The third-order valence-electron chi connectivity index (χ3n) is 5.97. The standard InChI is InChI=1S/C22H22Cl2N8O5/c23-18-3-1-14(10-27-18)12-29-7-5-25-21(29)16(31(34)35)9-17(33)20(32(36)37)22-26-6-8-30(22)13-15-2-4-19(24)28-11-15/h1-4,10-11,16,20H,5-9,12-13H2. The number of nitro groups is 2. The number of pyridine rings is 2. The summed E-state index contributed by atoms with van der Waals surface area (Å²) in [5, 5.41) is 24.6. The number of ketones is 1. The fraction of sp³-hybridized carbons (Fsp3) is 0.409. The number of hydrogen-bond donors (Lipinski definition) is 0. The minimum Gasteiger partial charge on any atom is -0.348 e. The molecule has 0 saturated carbocycles. The number of hydrogen-bond acceptors (Lipinski definition) is 11. The molecule has 194 valence electrons. The molecule has 0 amide bonds. The second-order valence-corrected chi connectivity index (χ2v) is 9.24. The number of rotatable bonds is 11. The summed E-state index contributed by atoms with van der Waals surface area (Å²) in [6, 6.07) is 3.29. The minimum atomic E-state index is -1.83. The zero-order valence-electron chi connectivity index (χ0n) is 19.4. The highest BCUT2D eigenvalue weighted by Gasteiger charge is 2.45. The Bertz CT molecular complexity index is 1240. The molecule has 0 bridgehead atoms. The lowest BCUT2D eigenvalue weighted by Gasteiger charge is -2.24. The van der Waals surface area contributed by atoms with Gasteiger partial charge in [-0.3, -0.25) is 35.0 Å². The van der Waals surface area contributed by atoms with Crippen molar-refractivity contribution < 1.29 is 14.6 Å². The van der Waals surface area contributed by atoms with Crippen LogP contribution >= 0.6 is 23.2 Å². The predicted molar refractivity (Wildman–Crippen MR) is 135 cm³/mol. The molecule has 2 aliphatic rings. The van der Waals surface area contributed by atoms with Crippen molar-refractivity contribution in [3.63, 3.8) is 0 Å². The first-order valence-corrected chi connectivity index (χ1v) is 12.1. The van der Waals surface area contributed by atoms with Crippen LogP contribution in [0.1, 0.15) is 17.5 Å². The number of aliphatic imine (C=N–C) groups is 2. The number of halogens is 2. The quantitative estimate of drug-likeness (QED) is 0.232. The lowest BCUT2D eigenvalue weighted by Crippen LogP contribution is -2.48. The van der Waals surface area contributed by atoms with E-state index < -0.39 is 34.1 Å². The average molecular weight is 549 g/mol. The van der Waals surface area contributed by atoms with E-state index in [0.29, 0.717) is 29.9 Å². The third-order valence-corrected chi connectivity index (χ3v) is 6.41. The fourth-order valence-electron chi connectivity index (χ4n) is 4.25. The van der Waals surface area contributed by atoms with E-state index in [0.717, 1.165) is 11.1 Å². The molecule has 2 atom stereocenters. The summed E-state index contributed by atoms with van der Waals surface area (Å²) in [5.74, 6) is -0.827. The van der Waals surface area contributed by atoms with Gasteiger partial charge in [0.05, 0.1) is 19.5 Å². The van der Waals surface area contributed by atoms with Gasteiger partial charge in [-0.1, -0.05) is 35.3 Å². The highest BCUT2D eigenvalue weighted by molar-refractivity contribution is 6.29. The second kappa shape index (κ2) is 11.6. The van der Waals surface area contributed by atoms with E-state index in [2.05, 4.69) is 20.0 Å². The summed E-state index contributed by atoms with van der Waals surface area (Å²) in [7, 11) is 0. The van der Waals surface area contributed by atoms with E-state index in [1.807, 2.05) is 0 Å². The Morgan fingerprint density at radius 3 is 1.84 bits per heavy atom. The van der Waals surface area contributed by atoms with Crippen molar-refractivity contribution in [2.75, 3.05) is 26.2 Å². The summed E-state index contributed by atoms with van der Waals surface area (Å²) in [6.07, 6.45) is 2.39. The monoisotopic (exact) mass is 548 g/mol. The van der Waals surface area contributed by atoms with Gasteiger partial charge in [-0.05, 0) is 23.3 Å². The third kappa shape index (κ3) is 6.35. The van der Waals surface area contributed by atoms with Crippen molar-refractivity contribution in [2.45, 2.75) is 31.6 Å². The van der Waals surface area contributed by atoms with Crippen molar-refractivity contribution in [3.8, 4) is 0 Å². The first-order valence-electron chi connectivity index (χ1n) is 11.3. The molecular weight excluding hydrogens is 527 g/mol. The van der Waals surface area contributed by atoms with Crippen LogP contribution in [0.25, 0.3) is 0 Å². The van der Waals surface area contributed by atoms with Crippen molar-refractivity contribution in [1.82, 2.24) is 19.8 Å². The number of amidine groups is 2. The van der Waals surface area contributed by atoms with E-state index in [-0.39, 0.29) is 31.3 Å². The van der Waals surface area contributed by atoms with Gasteiger partial charge in [0, 0.05) is 48.4 Å². The normalized spacial score (nSPS) is 16.8. The Labute approximate surface area is 221 Å². The Kier molecular flexibility index (Phi) is 8.24. The summed E-state index contributed by atoms with van der Waals surface area (Å²) in [6.45, 7) is 1.85. The van der Waals surface area contributed by atoms with E-state index in [9.17, 15) is 25.0 Å². The zero-order chi connectivity index (χ0) is 26.5. The largest absolute Gasteiger partial charge is 0.348 e. The Hall–Kier alpha value is -3.71. The topological polar surface area (TPSA) is 160 Å². The lowest BCUT2D eigenvalue weighted by atomic mass is 10.0. The van der Waals surface area contributed by atoms with Crippen molar-refractivity contribution >= 4 is 40.7 Å². The second-order valence-electron chi connectivity index (χ2n) is 8.46. The minimum absolute atomic E-state index is 0.0236. The van der Waals surface area contributed by atoms with Gasteiger partial charge in [0.15, 0.2) is 11.7 Å². The molecule has 15 heteroatoms. The van der Waals surface area contributed by atoms with Crippen LogP contribution in [0, 0.1) is 20.2 Å². The van der Waals surface area contributed by atoms with Crippen LogP contribution in [-0.4, -0.2) is 85.3 Å². The summed E-state index contributed by atoms with van der Waals surface area (Å²) in [5.41, 5.74) is 1.48. The van der Waals surface area contributed by atoms with Gasteiger partial charge < -0.3 is 9.80 Å². The maximum absolute atomic E-state index is 13.2.